The van der Waals surface area contributed by atoms with Gasteiger partial charge in [0.25, 0.3) is 0 Å². The molecule has 1 aromatic heterocycles. The van der Waals surface area contributed by atoms with E-state index in [2.05, 4.69) is 22.4 Å². The molecule has 2 amide bonds. The first-order chi connectivity index (χ1) is 13.3. The Morgan fingerprint density at radius 2 is 1.96 bits per heavy atom. The van der Waals surface area contributed by atoms with Crippen LogP contribution in [0.25, 0.3) is 0 Å². The lowest BCUT2D eigenvalue weighted by Gasteiger charge is -2.23. The molecule has 0 spiro atoms. The van der Waals surface area contributed by atoms with E-state index < -0.39 is 0 Å². The van der Waals surface area contributed by atoms with Crippen molar-refractivity contribution in [3.05, 3.63) is 46.5 Å². The van der Waals surface area contributed by atoms with Crippen LogP contribution in [0.4, 0.5) is 5.13 Å². The van der Waals surface area contributed by atoms with Gasteiger partial charge >= 0.3 is 0 Å². The van der Waals surface area contributed by atoms with Crippen LogP contribution in [0.5, 0.6) is 0 Å². The molecule has 7 heteroatoms. The van der Waals surface area contributed by atoms with Crippen molar-refractivity contribution in [1.29, 1.82) is 0 Å². The number of anilines is 1. The highest BCUT2D eigenvalue weighted by Crippen LogP contribution is 2.48. The fourth-order valence-corrected chi connectivity index (χ4v) is 4.09. The molecule has 0 aliphatic heterocycles. The zero-order valence-electron chi connectivity index (χ0n) is 17.0. The van der Waals surface area contributed by atoms with E-state index in [1.807, 2.05) is 46.1 Å². The average molecular weight is 402 g/mol. The van der Waals surface area contributed by atoms with Crippen LogP contribution in [-0.2, 0) is 9.59 Å². The summed E-state index contributed by atoms with van der Waals surface area (Å²) in [5, 5.41) is 3.44. The van der Waals surface area contributed by atoms with Gasteiger partial charge in [-0.05, 0) is 31.7 Å². The largest absolute Gasteiger partial charge is 0.338 e. The van der Waals surface area contributed by atoms with Crippen molar-refractivity contribution in [2.75, 3.05) is 39.0 Å². The van der Waals surface area contributed by atoms with Crippen LogP contribution < -0.4 is 10.2 Å². The Kier molecular flexibility index (Phi) is 6.46. The first-order valence-electron chi connectivity index (χ1n) is 9.71. The molecule has 1 aliphatic carbocycles. The molecule has 2 aromatic rings. The molecule has 0 saturated heterocycles. The molecule has 0 unspecified atom stereocenters. The summed E-state index contributed by atoms with van der Waals surface area (Å²) < 4.78 is 0. The number of hydrogen-bond acceptors (Lipinski definition) is 4. The number of aromatic nitrogens is 1. The molecule has 2 atom stereocenters. The Morgan fingerprint density at radius 1 is 1.25 bits per heavy atom. The molecule has 28 heavy (non-hydrogen) atoms. The van der Waals surface area contributed by atoms with Gasteiger partial charge in [-0.3, -0.25) is 9.59 Å². The Labute approximate surface area is 170 Å². The predicted octanol–water partition coefficient (Wildman–Crippen LogP) is 1.48. The average Bonchev–Trinajstić information content (AvgIpc) is 3.39. The second kappa shape index (κ2) is 8.84. The van der Waals surface area contributed by atoms with Crippen LogP contribution in [0, 0.1) is 19.8 Å². The standard InChI is InChI=1S/C21H28N4O2S/c1-14-15(2)28-21(22-14)23-19(26)13-25(11-10-24(3)4)20(27)18-12-17(18)16-8-6-5-7-9-16/h5-9,17-18H,10-13H2,1-4H3,(H,22,23,26)/p+1/t17-,18+/m0/s1. The van der Waals surface area contributed by atoms with Crippen molar-refractivity contribution in [1.82, 2.24) is 9.88 Å². The number of benzene rings is 1. The Morgan fingerprint density at radius 3 is 2.57 bits per heavy atom. The minimum absolute atomic E-state index is 0.0169. The quantitative estimate of drug-likeness (QED) is 0.704. The van der Waals surface area contributed by atoms with E-state index in [-0.39, 0.29) is 30.2 Å². The number of carbonyl (C=O) groups excluding carboxylic acids is 2. The highest BCUT2D eigenvalue weighted by molar-refractivity contribution is 7.15. The Hall–Kier alpha value is -2.25. The highest BCUT2D eigenvalue weighted by Gasteiger charge is 2.46. The zero-order valence-corrected chi connectivity index (χ0v) is 17.8. The predicted molar refractivity (Wildman–Crippen MR) is 112 cm³/mol. The van der Waals surface area contributed by atoms with E-state index in [1.54, 1.807) is 4.90 Å². The number of amides is 2. The van der Waals surface area contributed by atoms with Crippen molar-refractivity contribution in [3.63, 3.8) is 0 Å². The smallest absolute Gasteiger partial charge is 0.245 e. The van der Waals surface area contributed by atoms with Gasteiger partial charge in [0, 0.05) is 10.8 Å². The molecular formula is C21H29N4O2S+. The van der Waals surface area contributed by atoms with Crippen molar-refractivity contribution < 1.29 is 14.5 Å². The van der Waals surface area contributed by atoms with Crippen molar-refractivity contribution in [2.45, 2.75) is 26.2 Å². The van der Waals surface area contributed by atoms with E-state index >= 15 is 0 Å². The number of aryl methyl sites for hydroxylation is 2. The summed E-state index contributed by atoms with van der Waals surface area (Å²) in [5.41, 5.74) is 2.13. The van der Waals surface area contributed by atoms with Gasteiger partial charge in [0.05, 0.1) is 32.9 Å². The summed E-state index contributed by atoms with van der Waals surface area (Å²) in [5.74, 6) is 0.150. The van der Waals surface area contributed by atoms with Crippen molar-refractivity contribution in [3.8, 4) is 0 Å². The molecule has 1 fully saturated rings. The molecule has 2 N–H and O–H groups in total. The summed E-state index contributed by atoms with van der Waals surface area (Å²) in [6.45, 7) is 5.35. The highest BCUT2D eigenvalue weighted by atomic mass is 32.1. The minimum atomic E-state index is -0.187. The van der Waals surface area contributed by atoms with Crippen molar-refractivity contribution in [2.24, 2.45) is 5.92 Å². The summed E-state index contributed by atoms with van der Waals surface area (Å²) in [4.78, 5) is 34.0. The maximum Gasteiger partial charge on any atom is 0.245 e. The lowest BCUT2D eigenvalue weighted by molar-refractivity contribution is -0.857. The summed E-state index contributed by atoms with van der Waals surface area (Å²) in [6, 6.07) is 10.2. The molecule has 150 valence electrons. The molecule has 6 nitrogen and oxygen atoms in total. The lowest BCUT2D eigenvalue weighted by Crippen LogP contribution is -3.06. The summed E-state index contributed by atoms with van der Waals surface area (Å²) in [6.07, 6.45) is 0.862. The third-order valence-electron chi connectivity index (χ3n) is 5.14. The molecule has 1 saturated carbocycles. The van der Waals surface area contributed by atoms with Gasteiger partial charge in [-0.2, -0.15) is 0 Å². The Balaban J connectivity index is 1.63. The topological polar surface area (TPSA) is 66.7 Å². The van der Waals surface area contributed by atoms with E-state index in [1.165, 1.54) is 21.8 Å². The number of nitrogens with one attached hydrogen (secondary N) is 2. The van der Waals surface area contributed by atoms with Gasteiger partial charge in [0.1, 0.15) is 6.54 Å². The molecule has 1 aliphatic rings. The molecular weight excluding hydrogens is 372 g/mol. The van der Waals surface area contributed by atoms with Crippen LogP contribution in [-0.4, -0.2) is 55.4 Å². The normalized spacial score (nSPS) is 18.2. The second-order valence-corrected chi connectivity index (χ2v) is 8.99. The van der Waals surface area contributed by atoms with Crippen LogP contribution in [0.1, 0.15) is 28.5 Å². The number of hydrogen-bond donors (Lipinski definition) is 2. The first-order valence-corrected chi connectivity index (χ1v) is 10.5. The number of likely N-dealkylation sites (N-methyl/N-ethyl adjacent to an activating group) is 1. The molecule has 0 radical (unpaired) electrons. The fourth-order valence-electron chi connectivity index (χ4n) is 3.26. The number of thiazole rings is 1. The number of nitrogens with zero attached hydrogens (tertiary/aromatic N) is 2. The fraction of sp³-hybridized carbons (Fsp3) is 0.476. The zero-order chi connectivity index (χ0) is 20.3. The Bertz CT molecular complexity index is 815. The monoisotopic (exact) mass is 401 g/mol. The van der Waals surface area contributed by atoms with Gasteiger partial charge < -0.3 is 15.1 Å². The third kappa shape index (κ3) is 5.17. The summed E-state index contributed by atoms with van der Waals surface area (Å²) >= 11 is 1.46. The minimum Gasteiger partial charge on any atom is -0.338 e. The lowest BCUT2D eigenvalue weighted by atomic mass is 10.1. The first kappa shape index (κ1) is 20.5. The van der Waals surface area contributed by atoms with Gasteiger partial charge in [-0.1, -0.05) is 30.3 Å². The van der Waals surface area contributed by atoms with Crippen LogP contribution in [0.3, 0.4) is 0 Å². The number of rotatable bonds is 8. The van der Waals surface area contributed by atoms with E-state index in [0.29, 0.717) is 11.7 Å². The number of carbonyl (C=O) groups is 2. The molecule has 1 aromatic carbocycles. The molecule has 0 bridgehead atoms. The molecule has 1 heterocycles. The maximum absolute atomic E-state index is 13.1. The van der Waals surface area contributed by atoms with Gasteiger partial charge in [-0.15, -0.1) is 11.3 Å². The van der Waals surface area contributed by atoms with Crippen LogP contribution in [0.15, 0.2) is 30.3 Å². The second-order valence-electron chi connectivity index (χ2n) is 7.79. The third-order valence-corrected chi connectivity index (χ3v) is 6.13. The molecule has 3 rings (SSSR count). The maximum atomic E-state index is 13.1. The summed E-state index contributed by atoms with van der Waals surface area (Å²) in [7, 11) is 4.10. The van der Waals surface area contributed by atoms with E-state index in [9.17, 15) is 9.59 Å². The van der Waals surface area contributed by atoms with Crippen LogP contribution in [0.2, 0.25) is 0 Å². The van der Waals surface area contributed by atoms with E-state index in [4.69, 9.17) is 0 Å². The number of quaternary nitrogens is 1. The van der Waals surface area contributed by atoms with Gasteiger partial charge in [0.2, 0.25) is 11.8 Å². The van der Waals surface area contributed by atoms with Crippen molar-refractivity contribution >= 4 is 28.3 Å². The van der Waals surface area contributed by atoms with Gasteiger partial charge in [0.15, 0.2) is 5.13 Å². The van der Waals surface area contributed by atoms with Crippen LogP contribution >= 0.6 is 11.3 Å². The van der Waals surface area contributed by atoms with E-state index in [0.717, 1.165) is 23.5 Å². The SMILES string of the molecule is Cc1nc(NC(=O)CN(CC[NH+](C)C)C(=O)[C@@H]2C[C@H]2c2ccccc2)sc1C. The van der Waals surface area contributed by atoms with Gasteiger partial charge in [-0.25, -0.2) is 4.98 Å².